The summed E-state index contributed by atoms with van der Waals surface area (Å²) in [5, 5.41) is 7.12. The van der Waals surface area contributed by atoms with Crippen molar-refractivity contribution in [3.63, 3.8) is 0 Å². The second-order valence-corrected chi connectivity index (χ2v) is 5.26. The number of pyridine rings is 1. The monoisotopic (exact) mass is 829 g/mol. The maximum absolute atomic E-state index is 12.4. The minimum atomic E-state index is -0.195. The Morgan fingerprint density at radius 1 is 1.00 bits per heavy atom. The van der Waals surface area contributed by atoms with E-state index in [9.17, 15) is 9.59 Å². The quantitative estimate of drug-likeness (QED) is 0.469. The molecule has 0 spiro atoms. The van der Waals surface area contributed by atoms with Gasteiger partial charge in [0.25, 0.3) is 0 Å². The molecule has 7 heteroatoms. The molecule has 135 valence electrons. The molecule has 0 bridgehead atoms. The second-order valence-electron chi connectivity index (χ2n) is 5.26. The van der Waals surface area contributed by atoms with E-state index >= 15 is 0 Å². The van der Waals surface area contributed by atoms with Crippen molar-refractivity contribution in [3.05, 3.63) is 89.6 Å². The molecule has 0 atom stereocenters. The molecule has 1 aliphatic carbocycles. The van der Waals surface area contributed by atoms with Gasteiger partial charge in [0.2, 0.25) is 5.78 Å². The number of nitrogens with one attached hydrogen (secondary N) is 1. The first-order valence-corrected chi connectivity index (χ1v) is 8.19. The Hall–Kier alpha value is -2.51. The molecule has 3 rings (SSSR count). The molecular formula is C20H21AcN3O2Rf-2. The van der Waals surface area contributed by atoms with Crippen molar-refractivity contribution < 1.29 is 53.7 Å². The van der Waals surface area contributed by atoms with Gasteiger partial charge in [-0.05, 0) is 12.1 Å². The van der Waals surface area contributed by atoms with Crippen LogP contribution in [0.5, 0.6) is 0 Å². The van der Waals surface area contributed by atoms with Crippen LogP contribution in [-0.4, -0.2) is 29.6 Å². The molecule has 1 aromatic carbocycles. The van der Waals surface area contributed by atoms with Crippen LogP contribution >= 0.6 is 0 Å². The van der Waals surface area contributed by atoms with E-state index in [1.54, 1.807) is 36.7 Å². The van der Waals surface area contributed by atoms with Gasteiger partial charge in [0.15, 0.2) is 5.78 Å². The van der Waals surface area contributed by atoms with Gasteiger partial charge in [-0.3, -0.25) is 14.6 Å². The molecular weight excluding hydrogens is 808 g/mol. The van der Waals surface area contributed by atoms with Crippen molar-refractivity contribution in [3.8, 4) is 0 Å². The van der Waals surface area contributed by atoms with Gasteiger partial charge >= 0.3 is 0 Å². The van der Waals surface area contributed by atoms with Gasteiger partial charge in [0, 0.05) is 67.6 Å². The van der Waals surface area contributed by atoms with E-state index in [1.807, 2.05) is 25.1 Å². The fourth-order valence-corrected chi connectivity index (χ4v) is 2.34. The third-order valence-corrected chi connectivity index (χ3v) is 3.46. The Morgan fingerprint density at radius 2 is 1.59 bits per heavy atom. The van der Waals surface area contributed by atoms with Crippen LogP contribution in [0, 0.1) is 51.0 Å². The van der Waals surface area contributed by atoms with E-state index in [4.69, 9.17) is 0 Å². The van der Waals surface area contributed by atoms with Crippen molar-refractivity contribution in [1.82, 2.24) is 10.3 Å². The van der Waals surface area contributed by atoms with Crippen LogP contribution in [0.2, 0.25) is 0 Å². The standard InChI is InChI=1S/C15H17N2O2.C5H5N.Ac.Rf/c1-3-9-17-13-12(16-4-2)14(18)10-7-5-6-8-11(10)15(13)19;1-2-4-6-5-3-1;;/h5-8H,2-4,9H2,1H3,(H2,16,17,18,19);1-5H;;/q-1;;;/p-1. The van der Waals surface area contributed by atoms with E-state index in [-0.39, 0.29) is 67.0 Å². The molecule has 2 aromatic rings. The van der Waals surface area contributed by atoms with Gasteiger partial charge < -0.3 is 17.6 Å². The summed E-state index contributed by atoms with van der Waals surface area (Å²) < 4.78 is 0. The normalized spacial score (nSPS) is 11.9. The van der Waals surface area contributed by atoms with Gasteiger partial charge in [0.1, 0.15) is 0 Å². The Balaban J connectivity index is 0.000000724. The number of ketones is 2. The van der Waals surface area contributed by atoms with Crippen molar-refractivity contribution in [2.45, 2.75) is 13.3 Å². The van der Waals surface area contributed by atoms with Gasteiger partial charge in [-0.25, -0.2) is 0 Å². The van der Waals surface area contributed by atoms with Crippen LogP contribution < -0.4 is 5.32 Å². The number of hydrogen-bond donors (Lipinski definition) is 1. The van der Waals surface area contributed by atoms with E-state index in [0.29, 0.717) is 24.2 Å². The molecule has 1 aromatic heterocycles. The first-order valence-electron chi connectivity index (χ1n) is 8.19. The first kappa shape index (κ1) is 24.5. The van der Waals surface area contributed by atoms with Crippen molar-refractivity contribution in [1.29, 1.82) is 0 Å². The van der Waals surface area contributed by atoms with Crippen LogP contribution in [0.4, 0.5) is 0 Å². The molecule has 1 radical (unpaired) electrons. The summed E-state index contributed by atoms with van der Waals surface area (Å²) in [5.41, 5.74) is 1.36. The number of fused-ring (bicyclic) bond motifs is 1. The smallest absolute Gasteiger partial charge is 0.208 e. The summed E-state index contributed by atoms with van der Waals surface area (Å²) in [4.78, 5) is 28.5. The van der Waals surface area contributed by atoms with Crippen LogP contribution in [0.15, 0.2) is 66.3 Å². The minimum Gasteiger partial charge on any atom is -0.679 e. The topological polar surface area (TPSA) is 73.2 Å². The average Bonchev–Trinajstić information content (AvgIpc) is 2.67. The Bertz CT molecular complexity index is 740. The SMILES string of the molecule is [Ac].[CH2-]CNC1=C([N-]CCC)C(=O)c2ccccc2C1=O.[Rf].c1ccncc1. The molecule has 0 aliphatic heterocycles. The first-order chi connectivity index (χ1) is 12.2. The number of hydrogen-bond acceptors (Lipinski definition) is 4. The van der Waals surface area contributed by atoms with E-state index < -0.39 is 0 Å². The van der Waals surface area contributed by atoms with E-state index in [0.717, 1.165) is 6.42 Å². The molecule has 5 nitrogen and oxygen atoms in total. The summed E-state index contributed by atoms with van der Waals surface area (Å²) >= 11 is 0. The third-order valence-electron chi connectivity index (χ3n) is 3.46. The summed E-state index contributed by atoms with van der Waals surface area (Å²) in [6.07, 6.45) is 4.32. The molecule has 0 unspecified atom stereocenters. The molecule has 0 fully saturated rings. The predicted molar refractivity (Wildman–Crippen MR) is 98.2 cm³/mol. The second kappa shape index (κ2) is 12.8. The molecule has 0 saturated carbocycles. The largest absolute Gasteiger partial charge is 0.679 e. The number of benzene rings is 1. The summed E-state index contributed by atoms with van der Waals surface area (Å²) in [7, 11) is 0. The molecule has 1 N–H and O–H groups in total. The summed E-state index contributed by atoms with van der Waals surface area (Å²) in [6.45, 7) is 6.49. The number of aromatic nitrogens is 1. The van der Waals surface area contributed by atoms with Crippen LogP contribution in [0.1, 0.15) is 34.1 Å². The van der Waals surface area contributed by atoms with Crippen molar-refractivity contribution in [2.75, 3.05) is 13.1 Å². The zero-order valence-corrected chi connectivity index (χ0v) is 26.7. The molecule has 1 heterocycles. The zero-order chi connectivity index (χ0) is 18.1. The van der Waals surface area contributed by atoms with E-state index in [1.165, 1.54) is 0 Å². The maximum Gasteiger partial charge on any atom is 0.208 e. The Labute approximate surface area is 190 Å². The average molecular weight is 829 g/mol. The van der Waals surface area contributed by atoms with Gasteiger partial charge in [-0.15, -0.1) is 13.1 Å². The van der Waals surface area contributed by atoms with Crippen LogP contribution in [-0.2, 0) is 0 Å². The fraction of sp³-hybridized carbons (Fsp3) is 0.200. The van der Waals surface area contributed by atoms with Crippen molar-refractivity contribution in [2.24, 2.45) is 0 Å². The summed E-state index contributed by atoms with van der Waals surface area (Å²) in [5.74, 6) is -0.381. The zero-order valence-electron chi connectivity index (χ0n) is 15.5. The molecule has 27 heavy (non-hydrogen) atoms. The fourth-order valence-electron chi connectivity index (χ4n) is 2.34. The predicted octanol–water partition coefficient (Wildman–Crippen LogP) is 3.57. The number of carbonyl (C=O) groups is 2. The Morgan fingerprint density at radius 3 is 2.04 bits per heavy atom. The van der Waals surface area contributed by atoms with Crippen LogP contribution in [0.25, 0.3) is 5.32 Å². The molecule has 0 amide bonds. The number of rotatable bonds is 5. The third kappa shape index (κ3) is 6.30. The summed E-state index contributed by atoms with van der Waals surface area (Å²) in [6, 6.07) is 12.5. The van der Waals surface area contributed by atoms with Gasteiger partial charge in [-0.2, -0.15) is 0 Å². The number of Topliss-reactive ketones (excluding diaryl/α,β-unsaturated/α-hetero) is 2. The molecule has 1 aliphatic rings. The minimum absolute atomic E-state index is 0. The van der Waals surface area contributed by atoms with Crippen molar-refractivity contribution >= 4 is 11.6 Å². The number of carbonyl (C=O) groups excluding carboxylic acids is 2. The maximum atomic E-state index is 12.4. The van der Waals surface area contributed by atoms with Gasteiger partial charge in [0.05, 0.1) is 5.70 Å². The molecule has 0 saturated heterocycles. The van der Waals surface area contributed by atoms with E-state index in [2.05, 4.69) is 22.5 Å². The Kier molecular flexibility index (Phi) is 11.6. The number of nitrogens with zero attached hydrogens (tertiary/aromatic N) is 2. The van der Waals surface area contributed by atoms with Crippen LogP contribution in [0.3, 0.4) is 0 Å². The van der Waals surface area contributed by atoms with Gasteiger partial charge in [-0.1, -0.05) is 49.4 Å². The number of allylic oxidation sites excluding steroid dienone is 2.